The first-order chi connectivity index (χ1) is 16.3. The summed E-state index contributed by atoms with van der Waals surface area (Å²) in [7, 11) is -3.52. The molecule has 6 nitrogen and oxygen atoms in total. The molecule has 1 saturated heterocycles. The number of pyridine rings is 1. The van der Waals surface area contributed by atoms with Crippen LogP contribution in [0.15, 0.2) is 72.9 Å². The molecule has 0 spiro atoms. The van der Waals surface area contributed by atoms with E-state index in [1.54, 1.807) is 24.4 Å². The summed E-state index contributed by atoms with van der Waals surface area (Å²) in [5.41, 5.74) is 1.81. The number of anilines is 2. The Hall–Kier alpha value is -3.49. The van der Waals surface area contributed by atoms with Crippen LogP contribution in [-0.2, 0) is 10.0 Å². The molecule has 3 aromatic carbocycles. The van der Waals surface area contributed by atoms with E-state index in [1.165, 1.54) is 12.1 Å². The van der Waals surface area contributed by atoms with Gasteiger partial charge < -0.3 is 5.32 Å². The summed E-state index contributed by atoms with van der Waals surface area (Å²) in [6.45, 7) is 0.223. The highest BCUT2D eigenvalue weighted by Crippen LogP contribution is 2.34. The molecule has 0 aliphatic carbocycles. The molecule has 172 valence electrons. The van der Waals surface area contributed by atoms with Gasteiger partial charge in [0.2, 0.25) is 10.0 Å². The van der Waals surface area contributed by atoms with Crippen LogP contribution in [0.2, 0.25) is 5.02 Å². The maximum Gasteiger partial charge on any atom is 0.255 e. The van der Waals surface area contributed by atoms with Crippen molar-refractivity contribution in [2.24, 2.45) is 0 Å². The Balaban J connectivity index is 1.43. The van der Waals surface area contributed by atoms with Gasteiger partial charge in [-0.15, -0.1) is 0 Å². The van der Waals surface area contributed by atoms with Crippen molar-refractivity contribution < 1.29 is 17.6 Å². The van der Waals surface area contributed by atoms with Gasteiger partial charge in [-0.2, -0.15) is 0 Å². The fourth-order valence-corrected chi connectivity index (χ4v) is 5.86. The molecule has 1 aliphatic rings. The van der Waals surface area contributed by atoms with Gasteiger partial charge in [-0.3, -0.25) is 14.1 Å². The van der Waals surface area contributed by atoms with Crippen LogP contribution < -0.4 is 9.62 Å². The van der Waals surface area contributed by atoms with Gasteiger partial charge in [-0.05, 0) is 54.3 Å². The number of halogens is 2. The molecule has 0 saturated carbocycles. The second-order valence-corrected chi connectivity index (χ2v) is 10.4. The zero-order valence-electron chi connectivity index (χ0n) is 17.8. The number of aromatic nitrogens is 1. The summed E-state index contributed by atoms with van der Waals surface area (Å²) in [6, 6.07) is 18.5. The second-order valence-electron chi connectivity index (χ2n) is 7.94. The third kappa shape index (κ3) is 4.10. The number of hydrogen-bond acceptors (Lipinski definition) is 4. The van der Waals surface area contributed by atoms with Crippen molar-refractivity contribution >= 4 is 49.7 Å². The number of rotatable bonds is 4. The SMILES string of the molecule is O=C(Nc1ccc(Cl)c(-c2nccc3ccccc23)c1)c1ccc(N2CCCS2(=O)=O)c(F)c1. The van der Waals surface area contributed by atoms with E-state index in [-0.39, 0.29) is 23.5 Å². The summed E-state index contributed by atoms with van der Waals surface area (Å²) in [5.74, 6) is -1.32. The third-order valence-corrected chi connectivity index (χ3v) is 7.92. The molecule has 1 aromatic heterocycles. The highest BCUT2D eigenvalue weighted by molar-refractivity contribution is 7.93. The number of sulfonamides is 1. The van der Waals surface area contributed by atoms with Gasteiger partial charge in [0.1, 0.15) is 5.82 Å². The Morgan fingerprint density at radius 2 is 1.88 bits per heavy atom. The second kappa shape index (κ2) is 8.70. The molecule has 34 heavy (non-hydrogen) atoms. The van der Waals surface area contributed by atoms with Crippen molar-refractivity contribution in [3.63, 3.8) is 0 Å². The minimum absolute atomic E-state index is 0.0147. The number of carbonyl (C=O) groups is 1. The molecule has 1 aliphatic heterocycles. The van der Waals surface area contributed by atoms with E-state index in [9.17, 15) is 17.6 Å². The summed E-state index contributed by atoms with van der Waals surface area (Å²) in [5, 5.41) is 5.16. The first kappa shape index (κ1) is 22.3. The monoisotopic (exact) mass is 495 g/mol. The number of nitrogens with zero attached hydrogens (tertiary/aromatic N) is 2. The van der Waals surface area contributed by atoms with Gasteiger partial charge in [0.05, 0.1) is 22.2 Å². The predicted molar refractivity (Wildman–Crippen MR) is 132 cm³/mol. The Morgan fingerprint density at radius 1 is 1.06 bits per heavy atom. The largest absolute Gasteiger partial charge is 0.322 e. The van der Waals surface area contributed by atoms with E-state index >= 15 is 0 Å². The van der Waals surface area contributed by atoms with Crippen LogP contribution in [0.1, 0.15) is 16.8 Å². The Labute approximate surface area is 201 Å². The van der Waals surface area contributed by atoms with E-state index < -0.39 is 21.7 Å². The van der Waals surface area contributed by atoms with Gasteiger partial charge in [0.25, 0.3) is 5.91 Å². The molecule has 4 aromatic rings. The van der Waals surface area contributed by atoms with Crippen LogP contribution in [-0.4, -0.2) is 31.6 Å². The minimum atomic E-state index is -3.52. The Bertz CT molecular complexity index is 1540. The van der Waals surface area contributed by atoms with E-state index in [1.807, 2.05) is 30.3 Å². The first-order valence-corrected chi connectivity index (χ1v) is 12.6. The van der Waals surface area contributed by atoms with Gasteiger partial charge in [-0.25, -0.2) is 12.8 Å². The summed E-state index contributed by atoms with van der Waals surface area (Å²) in [6.07, 6.45) is 2.14. The zero-order chi connectivity index (χ0) is 23.9. The van der Waals surface area contributed by atoms with Crippen LogP contribution in [0, 0.1) is 5.82 Å². The Kier molecular flexibility index (Phi) is 5.71. The average Bonchev–Trinajstić information content (AvgIpc) is 3.18. The summed E-state index contributed by atoms with van der Waals surface area (Å²) < 4.78 is 40.0. The van der Waals surface area contributed by atoms with Crippen molar-refractivity contribution in [3.8, 4) is 11.3 Å². The maximum atomic E-state index is 14.7. The molecular formula is C25H19ClFN3O3S. The molecule has 1 amide bonds. The number of hydrogen-bond donors (Lipinski definition) is 1. The summed E-state index contributed by atoms with van der Waals surface area (Å²) in [4.78, 5) is 17.3. The fourth-order valence-electron chi connectivity index (χ4n) is 4.08. The standard InChI is InChI=1S/C25H19ClFN3O3S/c26-21-8-7-18(15-20(21)24-19-5-2-1-4-16(19)10-11-28-24)29-25(31)17-6-9-23(22(27)14-17)30-12-3-13-34(30,32)33/h1-2,4-11,14-15H,3,12-13H2,(H,29,31). The molecule has 0 unspecified atom stereocenters. The lowest BCUT2D eigenvalue weighted by molar-refractivity contribution is 0.102. The van der Waals surface area contributed by atoms with Gasteiger partial charge in [-0.1, -0.05) is 35.9 Å². The van der Waals surface area contributed by atoms with Crippen LogP contribution in [0.5, 0.6) is 0 Å². The highest BCUT2D eigenvalue weighted by Gasteiger charge is 2.30. The normalized spacial score (nSPS) is 14.9. The van der Waals surface area contributed by atoms with Crippen LogP contribution >= 0.6 is 11.6 Å². The number of carbonyl (C=O) groups excluding carboxylic acids is 1. The maximum absolute atomic E-state index is 14.7. The smallest absolute Gasteiger partial charge is 0.255 e. The lowest BCUT2D eigenvalue weighted by Crippen LogP contribution is -2.26. The zero-order valence-corrected chi connectivity index (χ0v) is 19.4. The highest BCUT2D eigenvalue weighted by atomic mass is 35.5. The predicted octanol–water partition coefficient (Wildman–Crippen LogP) is 5.49. The molecule has 0 atom stereocenters. The van der Waals surface area contributed by atoms with E-state index in [2.05, 4.69) is 10.3 Å². The van der Waals surface area contributed by atoms with Gasteiger partial charge in [0.15, 0.2) is 0 Å². The van der Waals surface area contributed by atoms with E-state index in [0.29, 0.717) is 28.4 Å². The van der Waals surface area contributed by atoms with Crippen LogP contribution in [0.25, 0.3) is 22.0 Å². The third-order valence-electron chi connectivity index (χ3n) is 5.73. The van der Waals surface area contributed by atoms with Gasteiger partial charge in [0, 0.05) is 34.9 Å². The number of benzene rings is 3. The topological polar surface area (TPSA) is 79.4 Å². The van der Waals surface area contributed by atoms with Crippen molar-refractivity contribution in [1.29, 1.82) is 0 Å². The minimum Gasteiger partial charge on any atom is -0.322 e. The number of fused-ring (bicyclic) bond motifs is 1. The van der Waals surface area contributed by atoms with Crippen molar-refractivity contribution in [2.75, 3.05) is 21.9 Å². The molecule has 0 bridgehead atoms. The van der Waals surface area contributed by atoms with Gasteiger partial charge >= 0.3 is 0 Å². The number of nitrogens with one attached hydrogen (secondary N) is 1. The lowest BCUT2D eigenvalue weighted by atomic mass is 10.0. The molecule has 2 heterocycles. The van der Waals surface area contributed by atoms with E-state index in [4.69, 9.17) is 11.6 Å². The molecular weight excluding hydrogens is 477 g/mol. The van der Waals surface area contributed by atoms with E-state index in [0.717, 1.165) is 21.1 Å². The average molecular weight is 496 g/mol. The van der Waals surface area contributed by atoms with Crippen LogP contribution in [0.3, 0.4) is 0 Å². The molecule has 5 rings (SSSR count). The van der Waals surface area contributed by atoms with Crippen LogP contribution in [0.4, 0.5) is 15.8 Å². The molecule has 0 radical (unpaired) electrons. The Morgan fingerprint density at radius 3 is 2.65 bits per heavy atom. The van der Waals surface area contributed by atoms with Crippen molar-refractivity contribution in [3.05, 3.63) is 89.3 Å². The molecule has 1 fully saturated rings. The van der Waals surface area contributed by atoms with Crippen molar-refractivity contribution in [1.82, 2.24) is 4.98 Å². The summed E-state index contributed by atoms with van der Waals surface area (Å²) >= 11 is 6.45. The van der Waals surface area contributed by atoms with Crippen molar-refractivity contribution in [2.45, 2.75) is 6.42 Å². The quantitative estimate of drug-likeness (QED) is 0.406. The first-order valence-electron chi connectivity index (χ1n) is 10.6. The lowest BCUT2D eigenvalue weighted by Gasteiger charge is -2.18. The number of amides is 1. The molecule has 1 N–H and O–H groups in total. The molecule has 9 heteroatoms. The fraction of sp³-hybridized carbons (Fsp3) is 0.120.